The molecule has 0 aliphatic carbocycles. The van der Waals surface area contributed by atoms with E-state index in [-0.39, 0.29) is 48.5 Å². The molecule has 0 saturated heterocycles. The van der Waals surface area contributed by atoms with E-state index in [1.165, 1.54) is 48.5 Å². The van der Waals surface area contributed by atoms with E-state index < -0.39 is 23.9 Å². The van der Waals surface area contributed by atoms with Gasteiger partial charge in [-0.25, -0.2) is 0 Å². The van der Waals surface area contributed by atoms with Gasteiger partial charge in [0.1, 0.15) is 0 Å². The van der Waals surface area contributed by atoms with E-state index in [4.69, 9.17) is 0 Å². The number of aromatic carboxylic acids is 4. The van der Waals surface area contributed by atoms with E-state index in [1.807, 2.05) is 0 Å². The molecule has 184 valence electrons. The van der Waals surface area contributed by atoms with Gasteiger partial charge in [0.05, 0.1) is 23.9 Å². The zero-order chi connectivity index (χ0) is 26.8. The number of rotatable bonds is 4. The van der Waals surface area contributed by atoms with Crippen LogP contribution in [0.25, 0.3) is 0 Å². The maximum Gasteiger partial charge on any atom is 4.00 e. The standard InChI is InChI=1S/4C7H6O2.Zr/c4*8-7(9)6-4-2-1-3-5-6;/h4*1-5H,(H,8,9);/q;;;;+4/p-4. The van der Waals surface area contributed by atoms with Crippen molar-refractivity contribution in [3.8, 4) is 0 Å². The summed E-state index contributed by atoms with van der Waals surface area (Å²) in [7, 11) is 0. The van der Waals surface area contributed by atoms with Crippen LogP contribution in [-0.2, 0) is 26.2 Å². The van der Waals surface area contributed by atoms with Gasteiger partial charge >= 0.3 is 26.2 Å². The number of carbonyl (C=O) groups excluding carboxylic acids is 4. The van der Waals surface area contributed by atoms with Crippen LogP contribution in [0.5, 0.6) is 0 Å². The summed E-state index contributed by atoms with van der Waals surface area (Å²) < 4.78 is 0. The van der Waals surface area contributed by atoms with Gasteiger partial charge in [-0.05, 0) is 22.3 Å². The summed E-state index contributed by atoms with van der Waals surface area (Å²) in [6.45, 7) is 0. The first kappa shape index (κ1) is 32.6. The van der Waals surface area contributed by atoms with Gasteiger partial charge in [-0.15, -0.1) is 0 Å². The summed E-state index contributed by atoms with van der Waals surface area (Å²) in [6.07, 6.45) is 0. The Bertz CT molecular complexity index is 1020. The molecular formula is C28H20O8Zr. The van der Waals surface area contributed by atoms with E-state index in [2.05, 4.69) is 0 Å². The van der Waals surface area contributed by atoms with Crippen LogP contribution in [-0.4, -0.2) is 23.9 Å². The minimum Gasteiger partial charge on any atom is -0.545 e. The molecule has 0 aliphatic rings. The zero-order valence-electron chi connectivity index (χ0n) is 19.3. The van der Waals surface area contributed by atoms with Crippen molar-refractivity contribution in [1.29, 1.82) is 0 Å². The predicted molar refractivity (Wildman–Crippen MR) is 123 cm³/mol. The molecular weight excluding hydrogens is 556 g/mol. The van der Waals surface area contributed by atoms with Crippen molar-refractivity contribution < 1.29 is 65.8 Å². The zero-order valence-corrected chi connectivity index (χ0v) is 21.8. The second kappa shape index (κ2) is 18.9. The molecule has 0 radical (unpaired) electrons. The number of carboxylic acid groups (broad SMARTS) is 4. The Labute approximate surface area is 232 Å². The molecule has 0 aliphatic heterocycles. The minimum atomic E-state index is -1.13. The SMILES string of the molecule is O=C([O-])c1ccccc1.O=C([O-])c1ccccc1.O=C([O-])c1ccccc1.O=C([O-])c1ccccc1.[Zr+4]. The molecule has 4 aromatic rings. The number of carbonyl (C=O) groups is 4. The Morgan fingerprint density at radius 2 is 0.459 bits per heavy atom. The van der Waals surface area contributed by atoms with Crippen molar-refractivity contribution in [2.75, 3.05) is 0 Å². The Morgan fingerprint density at radius 3 is 0.541 bits per heavy atom. The van der Waals surface area contributed by atoms with Gasteiger partial charge in [0.2, 0.25) is 0 Å². The second-order valence-electron chi connectivity index (χ2n) is 6.61. The van der Waals surface area contributed by atoms with E-state index in [0.29, 0.717) is 0 Å². The average Bonchev–Trinajstić information content (AvgIpc) is 2.92. The molecule has 0 saturated carbocycles. The summed E-state index contributed by atoms with van der Waals surface area (Å²) in [5, 5.41) is 40.4. The molecule has 37 heavy (non-hydrogen) atoms. The monoisotopic (exact) mass is 574 g/mol. The summed E-state index contributed by atoms with van der Waals surface area (Å²) in [5.74, 6) is -4.52. The van der Waals surface area contributed by atoms with Crippen molar-refractivity contribution in [1.82, 2.24) is 0 Å². The fourth-order valence-corrected chi connectivity index (χ4v) is 2.30. The number of hydrogen-bond acceptors (Lipinski definition) is 8. The fourth-order valence-electron chi connectivity index (χ4n) is 2.30. The number of carboxylic acids is 4. The molecule has 0 fully saturated rings. The first-order valence-electron chi connectivity index (χ1n) is 10.3. The maximum absolute atomic E-state index is 10.1. The molecule has 0 unspecified atom stereocenters. The smallest absolute Gasteiger partial charge is 0.545 e. The number of benzene rings is 4. The van der Waals surface area contributed by atoms with Crippen molar-refractivity contribution in [2.24, 2.45) is 0 Å². The summed E-state index contributed by atoms with van der Waals surface area (Å²) in [4.78, 5) is 40.4. The van der Waals surface area contributed by atoms with Crippen LogP contribution in [0.2, 0.25) is 0 Å². The Hall–Kier alpha value is -4.36. The fraction of sp³-hybridized carbons (Fsp3) is 0. The quantitative estimate of drug-likeness (QED) is 0.333. The van der Waals surface area contributed by atoms with Crippen LogP contribution in [0.4, 0.5) is 0 Å². The Balaban J connectivity index is 0.000000463. The van der Waals surface area contributed by atoms with E-state index in [9.17, 15) is 39.6 Å². The first-order valence-corrected chi connectivity index (χ1v) is 10.3. The summed E-state index contributed by atoms with van der Waals surface area (Å²) >= 11 is 0. The van der Waals surface area contributed by atoms with E-state index in [1.54, 1.807) is 72.8 Å². The molecule has 0 heterocycles. The van der Waals surface area contributed by atoms with Crippen molar-refractivity contribution in [3.63, 3.8) is 0 Å². The van der Waals surface area contributed by atoms with Crippen LogP contribution in [0.15, 0.2) is 121 Å². The average molecular weight is 576 g/mol. The van der Waals surface area contributed by atoms with Gasteiger partial charge in [0, 0.05) is 0 Å². The van der Waals surface area contributed by atoms with Crippen LogP contribution >= 0.6 is 0 Å². The topological polar surface area (TPSA) is 161 Å². The maximum atomic E-state index is 10.1. The van der Waals surface area contributed by atoms with Gasteiger partial charge in [-0.3, -0.25) is 0 Å². The van der Waals surface area contributed by atoms with Crippen LogP contribution in [0.3, 0.4) is 0 Å². The molecule has 0 bridgehead atoms. The second-order valence-corrected chi connectivity index (χ2v) is 6.61. The first-order chi connectivity index (χ1) is 17.2. The van der Waals surface area contributed by atoms with Crippen molar-refractivity contribution in [3.05, 3.63) is 144 Å². The Morgan fingerprint density at radius 1 is 0.324 bits per heavy atom. The molecule has 0 aromatic heterocycles. The minimum absolute atomic E-state index is 0. The molecule has 0 amide bonds. The van der Waals surface area contributed by atoms with Crippen molar-refractivity contribution in [2.45, 2.75) is 0 Å². The summed E-state index contributed by atoms with van der Waals surface area (Å²) in [6, 6.07) is 32.3. The molecule has 0 spiro atoms. The number of hydrogen-bond donors (Lipinski definition) is 0. The van der Waals surface area contributed by atoms with Crippen LogP contribution in [0.1, 0.15) is 41.4 Å². The summed E-state index contributed by atoms with van der Waals surface area (Å²) in [5.41, 5.74) is 0.880. The normalized spacial score (nSPS) is 8.65. The van der Waals surface area contributed by atoms with Gasteiger partial charge in [-0.1, -0.05) is 121 Å². The molecule has 4 rings (SSSR count). The third-order valence-corrected chi connectivity index (χ3v) is 4.04. The molecule has 9 heteroatoms. The molecule has 8 nitrogen and oxygen atoms in total. The van der Waals surface area contributed by atoms with Gasteiger partial charge < -0.3 is 39.6 Å². The van der Waals surface area contributed by atoms with Crippen LogP contribution < -0.4 is 20.4 Å². The van der Waals surface area contributed by atoms with Gasteiger partial charge in [0.15, 0.2) is 0 Å². The third-order valence-electron chi connectivity index (χ3n) is 4.04. The molecule has 0 N–H and O–H groups in total. The third kappa shape index (κ3) is 14.6. The molecule has 0 atom stereocenters. The largest absolute Gasteiger partial charge is 4.00 e. The van der Waals surface area contributed by atoms with Crippen molar-refractivity contribution >= 4 is 23.9 Å². The van der Waals surface area contributed by atoms with E-state index in [0.717, 1.165) is 0 Å². The predicted octanol–water partition coefficient (Wildman–Crippen LogP) is 0.198. The molecule has 4 aromatic carbocycles. The van der Waals surface area contributed by atoms with Crippen LogP contribution in [0, 0.1) is 0 Å². The van der Waals surface area contributed by atoms with E-state index >= 15 is 0 Å². The Kier molecular flexibility index (Phi) is 16.7. The van der Waals surface area contributed by atoms with Gasteiger partial charge in [-0.2, -0.15) is 0 Å². The van der Waals surface area contributed by atoms with Gasteiger partial charge in [0.25, 0.3) is 0 Å².